The summed E-state index contributed by atoms with van der Waals surface area (Å²) in [5.41, 5.74) is 1.45. The number of hydrogen-bond acceptors (Lipinski definition) is 4. The van der Waals surface area contributed by atoms with Crippen LogP contribution in [0.1, 0.15) is 18.2 Å². The Morgan fingerprint density at radius 2 is 2.25 bits per heavy atom. The first-order valence-corrected chi connectivity index (χ1v) is 5.34. The monoisotopic (exact) mass is 243 g/mol. The molecule has 0 aliphatic rings. The van der Waals surface area contributed by atoms with Gasteiger partial charge in [-0.3, -0.25) is 4.79 Å². The van der Waals surface area contributed by atoms with Gasteiger partial charge in [0, 0.05) is 7.11 Å². The Bertz CT molecular complexity index is 368. The summed E-state index contributed by atoms with van der Waals surface area (Å²) >= 11 is 5.77. The molecule has 0 amide bonds. The Morgan fingerprint density at radius 3 is 2.88 bits per heavy atom. The van der Waals surface area contributed by atoms with Crippen molar-refractivity contribution in [2.24, 2.45) is 0 Å². The van der Waals surface area contributed by atoms with Crippen LogP contribution >= 0.6 is 11.6 Å². The van der Waals surface area contributed by atoms with Crippen LogP contribution in [0.3, 0.4) is 0 Å². The smallest absolute Gasteiger partial charge is 0.310 e. The van der Waals surface area contributed by atoms with Gasteiger partial charge in [-0.25, -0.2) is 4.98 Å². The van der Waals surface area contributed by atoms with Gasteiger partial charge in [0.1, 0.15) is 5.15 Å². The molecule has 1 aromatic heterocycles. The molecular formula is C11H14ClNO3. The Balaban J connectivity index is 2.81. The van der Waals surface area contributed by atoms with E-state index in [0.717, 1.165) is 5.56 Å². The van der Waals surface area contributed by atoms with Crippen LogP contribution in [0, 0.1) is 0 Å². The second kappa shape index (κ2) is 6.45. The first-order valence-electron chi connectivity index (χ1n) is 4.96. The highest BCUT2D eigenvalue weighted by Crippen LogP contribution is 2.13. The molecule has 0 saturated heterocycles. The summed E-state index contributed by atoms with van der Waals surface area (Å²) in [6.07, 6.45) is 0.191. The molecule has 0 saturated carbocycles. The van der Waals surface area contributed by atoms with Gasteiger partial charge in [-0.2, -0.15) is 0 Å². The number of nitrogens with zero attached hydrogens (tertiary/aromatic N) is 1. The number of pyridine rings is 1. The lowest BCUT2D eigenvalue weighted by atomic mass is 10.1. The Kier molecular flexibility index (Phi) is 5.22. The predicted molar refractivity (Wildman–Crippen MR) is 60.3 cm³/mol. The van der Waals surface area contributed by atoms with Crippen molar-refractivity contribution in [2.75, 3.05) is 13.7 Å². The van der Waals surface area contributed by atoms with E-state index in [2.05, 4.69) is 4.98 Å². The van der Waals surface area contributed by atoms with Crippen LogP contribution in [0.25, 0.3) is 0 Å². The Hall–Kier alpha value is -1.13. The molecule has 1 heterocycles. The summed E-state index contributed by atoms with van der Waals surface area (Å²) in [7, 11) is 1.57. The lowest BCUT2D eigenvalue weighted by Gasteiger charge is -2.07. The van der Waals surface area contributed by atoms with Gasteiger partial charge < -0.3 is 9.47 Å². The lowest BCUT2D eigenvalue weighted by Crippen LogP contribution is -2.10. The maximum absolute atomic E-state index is 11.3. The minimum atomic E-state index is -0.274. The van der Waals surface area contributed by atoms with Crippen LogP contribution in [-0.4, -0.2) is 24.7 Å². The number of methoxy groups -OCH3 is 1. The fourth-order valence-corrected chi connectivity index (χ4v) is 1.46. The molecule has 16 heavy (non-hydrogen) atoms. The van der Waals surface area contributed by atoms with E-state index in [1.54, 1.807) is 26.2 Å². The zero-order valence-corrected chi connectivity index (χ0v) is 10.1. The zero-order valence-electron chi connectivity index (χ0n) is 9.33. The molecule has 0 unspecified atom stereocenters. The van der Waals surface area contributed by atoms with Crippen molar-refractivity contribution in [1.82, 2.24) is 4.98 Å². The number of carbonyl (C=O) groups is 1. The number of ether oxygens (including phenoxy) is 2. The lowest BCUT2D eigenvalue weighted by molar-refractivity contribution is -0.142. The van der Waals surface area contributed by atoms with Crippen LogP contribution in [0.15, 0.2) is 12.1 Å². The van der Waals surface area contributed by atoms with Crippen molar-refractivity contribution in [3.05, 3.63) is 28.5 Å². The molecule has 0 bridgehead atoms. The van der Waals surface area contributed by atoms with Gasteiger partial charge in [-0.05, 0) is 18.6 Å². The van der Waals surface area contributed by atoms with Crippen LogP contribution in [0.2, 0.25) is 5.15 Å². The van der Waals surface area contributed by atoms with Gasteiger partial charge in [-0.15, -0.1) is 0 Å². The van der Waals surface area contributed by atoms with Crippen LogP contribution in [0.5, 0.6) is 0 Å². The third-order valence-electron chi connectivity index (χ3n) is 1.96. The second-order valence-electron chi connectivity index (χ2n) is 3.15. The maximum atomic E-state index is 11.3. The van der Waals surface area contributed by atoms with E-state index in [1.165, 1.54) is 0 Å². The first-order chi connectivity index (χ1) is 7.67. The molecule has 0 N–H and O–H groups in total. The van der Waals surface area contributed by atoms with Crippen molar-refractivity contribution in [3.8, 4) is 0 Å². The number of aromatic nitrogens is 1. The highest BCUT2D eigenvalue weighted by Gasteiger charge is 2.10. The molecule has 4 nitrogen and oxygen atoms in total. The van der Waals surface area contributed by atoms with E-state index in [0.29, 0.717) is 24.1 Å². The van der Waals surface area contributed by atoms with Gasteiger partial charge in [0.15, 0.2) is 0 Å². The van der Waals surface area contributed by atoms with Gasteiger partial charge >= 0.3 is 5.97 Å². The Morgan fingerprint density at radius 1 is 1.50 bits per heavy atom. The highest BCUT2D eigenvalue weighted by atomic mass is 35.5. The van der Waals surface area contributed by atoms with Crippen LogP contribution in [0.4, 0.5) is 0 Å². The molecule has 88 valence electrons. The maximum Gasteiger partial charge on any atom is 0.310 e. The molecule has 1 aromatic rings. The minimum Gasteiger partial charge on any atom is -0.466 e. The molecule has 0 aromatic carbocycles. The third kappa shape index (κ3) is 3.79. The van der Waals surface area contributed by atoms with Crippen molar-refractivity contribution in [2.45, 2.75) is 20.0 Å². The molecule has 0 aliphatic heterocycles. The zero-order chi connectivity index (χ0) is 12.0. The van der Waals surface area contributed by atoms with Crippen molar-refractivity contribution in [3.63, 3.8) is 0 Å². The van der Waals surface area contributed by atoms with E-state index in [9.17, 15) is 4.79 Å². The van der Waals surface area contributed by atoms with Crippen molar-refractivity contribution in [1.29, 1.82) is 0 Å². The standard InChI is InChI=1S/C11H14ClNO3/c1-3-16-11(14)6-8-4-5-10(12)13-9(8)7-15-2/h4-5H,3,6-7H2,1-2H3. The molecule has 0 radical (unpaired) electrons. The van der Waals surface area contributed by atoms with Gasteiger partial charge in [0.05, 0.1) is 25.3 Å². The summed E-state index contributed by atoms with van der Waals surface area (Å²) in [6.45, 7) is 2.48. The number of halogens is 1. The van der Waals surface area contributed by atoms with Crippen molar-refractivity contribution < 1.29 is 14.3 Å². The summed E-state index contributed by atoms with van der Waals surface area (Å²) < 4.78 is 9.86. The Labute approximate surface area is 99.5 Å². The van der Waals surface area contributed by atoms with E-state index in [-0.39, 0.29) is 12.4 Å². The highest BCUT2D eigenvalue weighted by molar-refractivity contribution is 6.29. The number of carbonyl (C=O) groups excluding carboxylic acids is 1. The van der Waals surface area contributed by atoms with E-state index in [4.69, 9.17) is 21.1 Å². The molecular weight excluding hydrogens is 230 g/mol. The van der Waals surface area contributed by atoms with E-state index < -0.39 is 0 Å². The van der Waals surface area contributed by atoms with Crippen molar-refractivity contribution >= 4 is 17.6 Å². The summed E-state index contributed by atoms with van der Waals surface area (Å²) in [5, 5.41) is 0.389. The molecule has 0 atom stereocenters. The predicted octanol–water partition coefficient (Wildman–Crippen LogP) is 1.99. The largest absolute Gasteiger partial charge is 0.466 e. The summed E-state index contributed by atoms with van der Waals surface area (Å²) in [4.78, 5) is 15.4. The molecule has 0 spiro atoms. The average Bonchev–Trinajstić information content (AvgIpc) is 2.23. The number of esters is 1. The third-order valence-corrected chi connectivity index (χ3v) is 2.17. The molecule has 5 heteroatoms. The van der Waals surface area contributed by atoms with Crippen LogP contribution < -0.4 is 0 Å². The normalized spacial score (nSPS) is 10.2. The quantitative estimate of drug-likeness (QED) is 0.586. The minimum absolute atomic E-state index is 0.191. The topological polar surface area (TPSA) is 48.4 Å². The number of rotatable bonds is 5. The summed E-state index contributed by atoms with van der Waals surface area (Å²) in [5.74, 6) is -0.274. The molecule has 0 fully saturated rings. The molecule has 1 rings (SSSR count). The van der Waals surface area contributed by atoms with E-state index in [1.807, 2.05) is 0 Å². The van der Waals surface area contributed by atoms with Gasteiger partial charge in [-0.1, -0.05) is 17.7 Å². The fraction of sp³-hybridized carbons (Fsp3) is 0.455. The van der Waals surface area contributed by atoms with E-state index >= 15 is 0 Å². The second-order valence-corrected chi connectivity index (χ2v) is 3.54. The van der Waals surface area contributed by atoms with Crippen LogP contribution in [-0.2, 0) is 27.3 Å². The average molecular weight is 244 g/mol. The van der Waals surface area contributed by atoms with Gasteiger partial charge in [0.25, 0.3) is 0 Å². The number of hydrogen-bond donors (Lipinski definition) is 0. The molecule has 0 aliphatic carbocycles. The SMILES string of the molecule is CCOC(=O)Cc1ccc(Cl)nc1COC. The van der Waals surface area contributed by atoms with Gasteiger partial charge in [0.2, 0.25) is 0 Å². The first kappa shape index (κ1) is 12.9. The summed E-state index contributed by atoms with van der Waals surface area (Å²) in [6, 6.07) is 3.41. The fourth-order valence-electron chi connectivity index (χ4n) is 1.29.